The van der Waals surface area contributed by atoms with Crippen molar-refractivity contribution in [3.05, 3.63) is 0 Å². The molecule has 14 heteroatoms. The van der Waals surface area contributed by atoms with E-state index in [4.69, 9.17) is 28.5 Å². The molecule has 4 amide bonds. The maximum absolute atomic E-state index is 12.6. The van der Waals surface area contributed by atoms with Crippen LogP contribution < -0.4 is 10.6 Å². The highest BCUT2D eigenvalue weighted by Gasteiger charge is 2.35. The summed E-state index contributed by atoms with van der Waals surface area (Å²) in [5.41, 5.74) is 0. The maximum atomic E-state index is 12.6. The van der Waals surface area contributed by atoms with E-state index in [9.17, 15) is 24.0 Å². The quantitative estimate of drug-likeness (QED) is 0.182. The first-order valence-electron chi connectivity index (χ1n) is 11.9. The fourth-order valence-corrected chi connectivity index (χ4v) is 2.84. The first-order chi connectivity index (χ1) is 17.4. The number of imide groups is 1. The summed E-state index contributed by atoms with van der Waals surface area (Å²) in [4.78, 5) is 64.7. The predicted molar refractivity (Wildman–Crippen MR) is 122 cm³/mol. The number of ether oxygens (including phenoxy) is 5. The summed E-state index contributed by atoms with van der Waals surface area (Å²) < 4.78 is 25.2. The lowest BCUT2D eigenvalue weighted by Crippen LogP contribution is -2.45. The Bertz CT molecular complexity index is 689. The van der Waals surface area contributed by atoms with Gasteiger partial charge >= 0.3 is 18.2 Å². The topological polar surface area (TPSA) is 168 Å². The number of hydrogen-bond acceptors (Lipinski definition) is 11. The molecular formula is C22H37N3O11. The molecule has 1 unspecified atom stereocenters. The van der Waals surface area contributed by atoms with Crippen molar-refractivity contribution >= 4 is 30.0 Å². The van der Waals surface area contributed by atoms with Gasteiger partial charge in [-0.2, -0.15) is 0 Å². The lowest BCUT2D eigenvalue weighted by molar-refractivity contribution is -0.199. The summed E-state index contributed by atoms with van der Waals surface area (Å²) in [5, 5.41) is 5.36. The van der Waals surface area contributed by atoms with Crippen LogP contribution in [0.2, 0.25) is 0 Å². The molecule has 206 valence electrons. The van der Waals surface area contributed by atoms with Gasteiger partial charge in [0.1, 0.15) is 19.3 Å². The Morgan fingerprint density at radius 1 is 0.861 bits per heavy atom. The molecule has 1 saturated heterocycles. The van der Waals surface area contributed by atoms with Crippen LogP contribution in [0.1, 0.15) is 45.4 Å². The van der Waals surface area contributed by atoms with Gasteiger partial charge in [0.2, 0.25) is 0 Å². The highest BCUT2D eigenvalue weighted by Crippen LogP contribution is 2.14. The van der Waals surface area contributed by atoms with Crippen LogP contribution in [0.3, 0.4) is 0 Å². The SMILES string of the molecule is CCCOCCOC(=O)NCCCCC(NC(=O)OCCOCCOC)C(=O)ON1C(=O)CCC1=O. The first kappa shape index (κ1) is 31.1. The van der Waals surface area contributed by atoms with Gasteiger partial charge in [0.25, 0.3) is 11.8 Å². The van der Waals surface area contributed by atoms with Gasteiger partial charge in [-0.15, -0.1) is 5.06 Å². The van der Waals surface area contributed by atoms with Crippen LogP contribution in [0.25, 0.3) is 0 Å². The van der Waals surface area contributed by atoms with E-state index in [0.29, 0.717) is 44.3 Å². The minimum absolute atomic E-state index is 0.0538. The minimum atomic E-state index is -1.18. The lowest BCUT2D eigenvalue weighted by atomic mass is 10.1. The molecule has 0 spiro atoms. The van der Waals surface area contributed by atoms with Crippen LogP contribution >= 0.6 is 0 Å². The van der Waals surface area contributed by atoms with E-state index in [-0.39, 0.29) is 45.6 Å². The van der Waals surface area contributed by atoms with Crippen LogP contribution in [0, 0.1) is 0 Å². The third kappa shape index (κ3) is 13.8. The molecule has 14 nitrogen and oxygen atoms in total. The molecule has 1 atom stereocenters. The second kappa shape index (κ2) is 19.2. The molecule has 1 aliphatic rings. The average molecular weight is 520 g/mol. The number of methoxy groups -OCH3 is 1. The molecule has 0 saturated carbocycles. The van der Waals surface area contributed by atoms with E-state index in [1.807, 2.05) is 6.92 Å². The normalized spacial score (nSPS) is 13.9. The molecule has 0 aliphatic carbocycles. The van der Waals surface area contributed by atoms with E-state index in [1.165, 1.54) is 7.11 Å². The van der Waals surface area contributed by atoms with Gasteiger partial charge in [-0.3, -0.25) is 9.59 Å². The van der Waals surface area contributed by atoms with Crippen molar-refractivity contribution in [2.75, 3.05) is 59.9 Å². The van der Waals surface area contributed by atoms with Crippen molar-refractivity contribution in [2.24, 2.45) is 0 Å². The Morgan fingerprint density at radius 3 is 2.11 bits per heavy atom. The molecule has 0 aromatic rings. The lowest BCUT2D eigenvalue weighted by Gasteiger charge is -2.20. The number of carbonyl (C=O) groups excluding carboxylic acids is 5. The highest BCUT2D eigenvalue weighted by atomic mass is 16.7. The molecule has 0 aromatic heterocycles. The molecule has 1 heterocycles. The fraction of sp³-hybridized carbons (Fsp3) is 0.773. The fourth-order valence-electron chi connectivity index (χ4n) is 2.84. The number of nitrogens with zero attached hydrogens (tertiary/aromatic N) is 1. The molecule has 1 rings (SSSR count). The summed E-state index contributed by atoms with van der Waals surface area (Å²) >= 11 is 0. The van der Waals surface area contributed by atoms with Gasteiger partial charge in [0.05, 0.1) is 26.4 Å². The summed E-state index contributed by atoms with van der Waals surface area (Å²) in [6.07, 6.45) is 0.240. The average Bonchev–Trinajstić information content (AvgIpc) is 3.17. The van der Waals surface area contributed by atoms with Crippen LogP contribution in [-0.2, 0) is 42.9 Å². The van der Waals surface area contributed by atoms with Crippen molar-refractivity contribution in [3.8, 4) is 0 Å². The van der Waals surface area contributed by atoms with E-state index < -0.39 is 36.0 Å². The van der Waals surface area contributed by atoms with E-state index in [1.54, 1.807) is 0 Å². The third-order valence-electron chi connectivity index (χ3n) is 4.65. The second-order valence-electron chi connectivity index (χ2n) is 7.60. The molecule has 0 aromatic carbocycles. The Labute approximate surface area is 210 Å². The number of unbranched alkanes of at least 4 members (excludes halogenated alkanes) is 1. The number of nitrogens with one attached hydrogen (secondary N) is 2. The van der Waals surface area contributed by atoms with Crippen molar-refractivity contribution < 1.29 is 52.5 Å². The van der Waals surface area contributed by atoms with E-state index in [2.05, 4.69) is 10.6 Å². The number of hydrogen-bond donors (Lipinski definition) is 2. The summed E-state index contributed by atoms with van der Waals surface area (Å²) in [7, 11) is 1.53. The van der Waals surface area contributed by atoms with Crippen molar-refractivity contribution in [2.45, 2.75) is 51.5 Å². The number of amides is 4. The third-order valence-corrected chi connectivity index (χ3v) is 4.65. The minimum Gasteiger partial charge on any atom is -0.447 e. The Morgan fingerprint density at radius 2 is 1.47 bits per heavy atom. The zero-order valence-corrected chi connectivity index (χ0v) is 20.9. The number of hydroxylamine groups is 2. The van der Waals surface area contributed by atoms with Gasteiger partial charge in [-0.05, 0) is 25.7 Å². The molecule has 0 radical (unpaired) electrons. The predicted octanol–water partition coefficient (Wildman–Crippen LogP) is 0.675. The number of rotatable bonds is 19. The van der Waals surface area contributed by atoms with Gasteiger partial charge in [-0.1, -0.05) is 6.92 Å². The highest BCUT2D eigenvalue weighted by molar-refractivity contribution is 6.01. The Hall–Kier alpha value is -2.97. The molecule has 1 fully saturated rings. The van der Waals surface area contributed by atoms with Gasteiger partial charge in [0.15, 0.2) is 0 Å². The monoisotopic (exact) mass is 519 g/mol. The second-order valence-corrected chi connectivity index (χ2v) is 7.60. The van der Waals surface area contributed by atoms with Crippen LogP contribution in [0.5, 0.6) is 0 Å². The largest absolute Gasteiger partial charge is 0.447 e. The van der Waals surface area contributed by atoms with Crippen LogP contribution in [0.15, 0.2) is 0 Å². The number of carbonyl (C=O) groups is 5. The maximum Gasteiger partial charge on any atom is 0.407 e. The zero-order chi connectivity index (χ0) is 26.6. The molecule has 0 bridgehead atoms. The van der Waals surface area contributed by atoms with Crippen molar-refractivity contribution in [1.82, 2.24) is 15.7 Å². The van der Waals surface area contributed by atoms with Gasteiger partial charge in [0, 0.05) is 33.1 Å². The molecule has 2 N–H and O–H groups in total. The Balaban J connectivity index is 2.43. The molecular weight excluding hydrogens is 482 g/mol. The molecule has 36 heavy (non-hydrogen) atoms. The van der Waals surface area contributed by atoms with Crippen molar-refractivity contribution in [1.29, 1.82) is 0 Å². The zero-order valence-electron chi connectivity index (χ0n) is 20.9. The van der Waals surface area contributed by atoms with Gasteiger partial charge < -0.3 is 39.2 Å². The number of alkyl carbamates (subject to hydrolysis) is 2. The standard InChI is InChI=1S/C22H37N3O11/c1-3-10-32-13-15-34-21(29)23-9-5-4-6-17(20(28)36-25-18(26)7-8-19(25)27)24-22(30)35-16-14-33-12-11-31-2/h17H,3-16H2,1-2H3,(H,23,29)(H,24,30). The van der Waals surface area contributed by atoms with Gasteiger partial charge in [-0.25, -0.2) is 14.4 Å². The van der Waals surface area contributed by atoms with Crippen LogP contribution in [-0.4, -0.2) is 101 Å². The summed E-state index contributed by atoms with van der Waals surface area (Å²) in [5.74, 6) is -2.25. The summed E-state index contributed by atoms with van der Waals surface area (Å²) in [6, 6.07) is -1.18. The smallest absolute Gasteiger partial charge is 0.407 e. The van der Waals surface area contributed by atoms with Crippen molar-refractivity contribution in [3.63, 3.8) is 0 Å². The first-order valence-corrected chi connectivity index (χ1v) is 11.9. The summed E-state index contributed by atoms with van der Waals surface area (Å²) in [6.45, 7) is 4.09. The Kier molecular flexibility index (Phi) is 16.6. The van der Waals surface area contributed by atoms with E-state index in [0.717, 1.165) is 6.42 Å². The van der Waals surface area contributed by atoms with Crippen LogP contribution in [0.4, 0.5) is 9.59 Å². The molecule has 1 aliphatic heterocycles. The van der Waals surface area contributed by atoms with E-state index >= 15 is 0 Å².